The molecule has 0 saturated carbocycles. The summed E-state index contributed by atoms with van der Waals surface area (Å²) in [5.74, 6) is 0.866. The molecule has 0 fully saturated rings. The van der Waals surface area contributed by atoms with Gasteiger partial charge in [-0.05, 0) is 46.1 Å². The van der Waals surface area contributed by atoms with Crippen LogP contribution >= 0.6 is 0 Å². The number of rotatable bonds is 6. The van der Waals surface area contributed by atoms with Gasteiger partial charge in [0.05, 0.1) is 0 Å². The van der Waals surface area contributed by atoms with E-state index in [9.17, 15) is 0 Å². The smallest absolute Gasteiger partial charge is 0.0163 e. The van der Waals surface area contributed by atoms with E-state index < -0.39 is 0 Å². The molecule has 0 aliphatic heterocycles. The number of hydrogen-bond donors (Lipinski definition) is 0. The second kappa shape index (κ2) is 15.2. The molecule has 4 aromatic carbocycles. The Morgan fingerprint density at radius 1 is 0.500 bits per heavy atom. The summed E-state index contributed by atoms with van der Waals surface area (Å²) in [5.41, 5.74) is 10.4. The van der Waals surface area contributed by atoms with Gasteiger partial charge >= 0.3 is 0 Å². The molecule has 2 aromatic heterocycles. The van der Waals surface area contributed by atoms with Gasteiger partial charge in [0.15, 0.2) is 0 Å². The van der Waals surface area contributed by atoms with Crippen molar-refractivity contribution in [2.45, 2.75) is 32.6 Å². The average molecular weight is 723 g/mol. The van der Waals surface area contributed by atoms with Crippen LogP contribution in [0.4, 0.5) is 0 Å². The first-order chi connectivity index (χ1) is 20.1. The van der Waals surface area contributed by atoms with Crippen LogP contribution in [0.15, 0.2) is 140 Å². The predicted octanol–water partition coefficient (Wildman–Crippen LogP) is 10.0. The number of nitrogens with zero attached hydrogens (tertiary/aromatic N) is 2. The van der Waals surface area contributed by atoms with Crippen molar-refractivity contribution in [3.05, 3.63) is 169 Å². The zero-order chi connectivity index (χ0) is 28.4. The fourth-order valence-corrected chi connectivity index (χ4v) is 4.73. The fraction of sp³-hybridized carbons (Fsp3) is 0.128. The van der Waals surface area contributed by atoms with Gasteiger partial charge in [0, 0.05) is 38.4 Å². The van der Waals surface area contributed by atoms with E-state index in [0.29, 0.717) is 11.8 Å². The summed E-state index contributed by atoms with van der Waals surface area (Å²) in [4.78, 5) is 8.95. The molecule has 3 heteroatoms. The zero-order valence-corrected chi connectivity index (χ0v) is 26.6. The molecule has 1 atom stereocenters. The maximum atomic E-state index is 4.50. The predicted molar refractivity (Wildman–Crippen MR) is 171 cm³/mol. The maximum absolute atomic E-state index is 4.50. The SMILES string of the molecule is CC(C)c1ccnc(-c2[c-]ccc(-c3ccccc3)c2)c1.CC(c1ccccc1)c1ccnc(-c2[c-]cccc2)c1.[Ir]. The summed E-state index contributed by atoms with van der Waals surface area (Å²) < 4.78 is 0. The van der Waals surface area contributed by atoms with Crippen LogP contribution in [0.2, 0.25) is 0 Å². The van der Waals surface area contributed by atoms with E-state index in [4.69, 9.17) is 0 Å². The van der Waals surface area contributed by atoms with E-state index in [1.807, 2.05) is 54.9 Å². The normalized spacial score (nSPS) is 11.1. The third-order valence-electron chi connectivity index (χ3n) is 7.20. The van der Waals surface area contributed by atoms with Crippen LogP contribution in [-0.2, 0) is 20.1 Å². The van der Waals surface area contributed by atoms with E-state index in [1.54, 1.807) is 0 Å². The Morgan fingerprint density at radius 2 is 1.10 bits per heavy atom. The average Bonchev–Trinajstić information content (AvgIpc) is 3.06. The van der Waals surface area contributed by atoms with E-state index in [1.165, 1.54) is 27.8 Å². The summed E-state index contributed by atoms with van der Waals surface area (Å²) in [6.07, 6.45) is 3.76. The molecule has 0 aliphatic rings. The largest absolute Gasteiger partial charge is 0.305 e. The van der Waals surface area contributed by atoms with Crippen LogP contribution in [0.25, 0.3) is 33.6 Å². The molecule has 0 amide bonds. The van der Waals surface area contributed by atoms with Crippen molar-refractivity contribution in [3.8, 4) is 33.6 Å². The van der Waals surface area contributed by atoms with Crippen molar-refractivity contribution < 1.29 is 20.1 Å². The molecule has 0 aliphatic carbocycles. The van der Waals surface area contributed by atoms with Crippen molar-refractivity contribution >= 4 is 0 Å². The Kier molecular flexibility index (Phi) is 11.1. The minimum atomic E-state index is 0. The summed E-state index contributed by atoms with van der Waals surface area (Å²) in [5, 5.41) is 0. The van der Waals surface area contributed by atoms with Crippen LogP contribution < -0.4 is 0 Å². The van der Waals surface area contributed by atoms with Gasteiger partial charge in [-0.15, -0.1) is 71.3 Å². The van der Waals surface area contributed by atoms with Gasteiger partial charge in [-0.25, -0.2) is 0 Å². The fourth-order valence-electron chi connectivity index (χ4n) is 4.73. The quantitative estimate of drug-likeness (QED) is 0.160. The molecular weight excluding hydrogens is 689 g/mol. The first-order valence-corrected chi connectivity index (χ1v) is 14.1. The van der Waals surface area contributed by atoms with Crippen LogP contribution in [0.5, 0.6) is 0 Å². The number of hydrogen-bond acceptors (Lipinski definition) is 2. The van der Waals surface area contributed by atoms with Gasteiger partial charge < -0.3 is 9.97 Å². The number of benzene rings is 4. The van der Waals surface area contributed by atoms with Crippen LogP contribution in [0.3, 0.4) is 0 Å². The van der Waals surface area contributed by atoms with E-state index >= 15 is 0 Å². The van der Waals surface area contributed by atoms with Crippen molar-refractivity contribution in [2.75, 3.05) is 0 Å². The van der Waals surface area contributed by atoms with Crippen LogP contribution in [0.1, 0.15) is 49.3 Å². The minimum absolute atomic E-state index is 0. The molecule has 1 radical (unpaired) electrons. The number of pyridine rings is 2. The second-order valence-corrected chi connectivity index (χ2v) is 10.4. The summed E-state index contributed by atoms with van der Waals surface area (Å²) in [7, 11) is 0. The molecule has 42 heavy (non-hydrogen) atoms. The Balaban J connectivity index is 0.000000189. The van der Waals surface area contributed by atoms with Crippen molar-refractivity contribution in [1.82, 2.24) is 9.97 Å². The Bertz CT molecular complexity index is 1670. The molecule has 2 heterocycles. The van der Waals surface area contributed by atoms with Gasteiger partial charge in [-0.2, -0.15) is 0 Å². The van der Waals surface area contributed by atoms with Crippen molar-refractivity contribution in [1.29, 1.82) is 0 Å². The second-order valence-electron chi connectivity index (χ2n) is 10.4. The van der Waals surface area contributed by atoms with Crippen LogP contribution in [0, 0.1) is 12.1 Å². The van der Waals surface area contributed by atoms with Crippen LogP contribution in [-0.4, -0.2) is 9.97 Å². The molecule has 0 spiro atoms. The molecule has 6 rings (SSSR count). The van der Waals surface area contributed by atoms with Gasteiger partial charge in [0.1, 0.15) is 0 Å². The zero-order valence-electron chi connectivity index (χ0n) is 24.2. The van der Waals surface area contributed by atoms with Gasteiger partial charge in [-0.3, -0.25) is 0 Å². The minimum Gasteiger partial charge on any atom is -0.305 e. The van der Waals surface area contributed by atoms with E-state index in [-0.39, 0.29) is 20.1 Å². The third-order valence-corrected chi connectivity index (χ3v) is 7.20. The Morgan fingerprint density at radius 3 is 1.76 bits per heavy atom. The van der Waals surface area contributed by atoms with E-state index in [2.05, 4.69) is 128 Å². The molecule has 1 unspecified atom stereocenters. The maximum Gasteiger partial charge on any atom is 0.0163 e. The Labute approximate surface area is 263 Å². The number of aromatic nitrogens is 2. The molecule has 0 bridgehead atoms. The van der Waals surface area contributed by atoms with Gasteiger partial charge in [0.25, 0.3) is 0 Å². The molecule has 0 saturated heterocycles. The standard InChI is InChI=1S/C20H18N.C19H16N.Ir/c1-15(2)17-11-12-21-20(14-17)19-10-6-9-18(13-19)16-7-4-3-5-8-16;1-15(16-8-4-2-5-9-16)18-12-13-20-19(14-18)17-10-6-3-7-11-17;/h3-9,11-15H,1-2H3;2-10,12-15H,1H3;/q2*-1;. The van der Waals surface area contributed by atoms with Gasteiger partial charge in [-0.1, -0.05) is 99.1 Å². The molecule has 6 aromatic rings. The van der Waals surface area contributed by atoms with E-state index in [0.717, 1.165) is 22.5 Å². The van der Waals surface area contributed by atoms with Gasteiger partial charge in [0.2, 0.25) is 0 Å². The summed E-state index contributed by atoms with van der Waals surface area (Å²) in [6, 6.07) is 50.1. The molecule has 0 N–H and O–H groups in total. The first-order valence-electron chi connectivity index (χ1n) is 14.1. The van der Waals surface area contributed by atoms with Crippen molar-refractivity contribution in [2.24, 2.45) is 0 Å². The molecule has 211 valence electrons. The first kappa shape index (κ1) is 30.8. The third kappa shape index (κ3) is 7.97. The summed E-state index contributed by atoms with van der Waals surface area (Å²) in [6.45, 7) is 6.62. The molecular formula is C39H34IrN2-2. The topological polar surface area (TPSA) is 25.8 Å². The summed E-state index contributed by atoms with van der Waals surface area (Å²) >= 11 is 0. The molecule has 2 nitrogen and oxygen atoms in total. The Hall–Kier alpha value is -4.17. The monoisotopic (exact) mass is 723 g/mol. The van der Waals surface area contributed by atoms with Crippen molar-refractivity contribution in [3.63, 3.8) is 0 Å².